The molecule has 21 heavy (non-hydrogen) atoms. The summed E-state index contributed by atoms with van der Waals surface area (Å²) in [6.45, 7) is 6.92. The number of anilines is 1. The summed E-state index contributed by atoms with van der Waals surface area (Å²) in [5, 5.41) is 9.82. The van der Waals surface area contributed by atoms with E-state index in [1.165, 1.54) is 43.7 Å². The first kappa shape index (κ1) is 13.6. The Morgan fingerprint density at radius 1 is 1.10 bits per heavy atom. The Bertz CT molecular complexity index is 510. The van der Waals surface area contributed by atoms with Crippen molar-refractivity contribution in [2.75, 3.05) is 31.1 Å². The molecule has 3 aliphatic rings. The number of likely N-dealkylation sites (tertiary alicyclic amines) is 1. The molecule has 3 nitrogen and oxygen atoms in total. The van der Waals surface area contributed by atoms with E-state index in [0.717, 1.165) is 24.9 Å². The van der Waals surface area contributed by atoms with Gasteiger partial charge < -0.3 is 10.0 Å². The molecule has 0 radical (unpaired) electrons. The molecule has 3 heteroatoms. The topological polar surface area (TPSA) is 26.7 Å². The van der Waals surface area contributed by atoms with Gasteiger partial charge in [0.25, 0.3) is 0 Å². The first-order valence-corrected chi connectivity index (χ1v) is 8.45. The van der Waals surface area contributed by atoms with Crippen molar-refractivity contribution in [1.82, 2.24) is 4.90 Å². The molecule has 2 saturated heterocycles. The van der Waals surface area contributed by atoms with Gasteiger partial charge in [-0.15, -0.1) is 0 Å². The van der Waals surface area contributed by atoms with Crippen molar-refractivity contribution in [3.63, 3.8) is 0 Å². The second-order valence-electron chi connectivity index (χ2n) is 7.19. The highest BCUT2D eigenvalue weighted by molar-refractivity contribution is 5.53. The van der Waals surface area contributed by atoms with Crippen LogP contribution in [0, 0.1) is 18.8 Å². The molecule has 1 N–H and O–H groups in total. The van der Waals surface area contributed by atoms with Gasteiger partial charge in [-0.25, -0.2) is 0 Å². The fourth-order valence-electron chi connectivity index (χ4n) is 4.59. The quantitative estimate of drug-likeness (QED) is 0.903. The van der Waals surface area contributed by atoms with E-state index >= 15 is 0 Å². The number of rotatable bonds is 2. The van der Waals surface area contributed by atoms with Crippen molar-refractivity contribution in [3.05, 3.63) is 29.8 Å². The van der Waals surface area contributed by atoms with E-state index in [4.69, 9.17) is 0 Å². The molecule has 1 saturated carbocycles. The second-order valence-corrected chi connectivity index (χ2v) is 7.19. The highest BCUT2D eigenvalue weighted by Crippen LogP contribution is 2.42. The van der Waals surface area contributed by atoms with Crippen LogP contribution in [0.1, 0.15) is 24.8 Å². The third-order valence-electron chi connectivity index (χ3n) is 6.00. The number of benzene rings is 1. The van der Waals surface area contributed by atoms with Gasteiger partial charge in [0, 0.05) is 43.8 Å². The Hall–Kier alpha value is -1.06. The lowest BCUT2D eigenvalue weighted by molar-refractivity contribution is -0.00448. The van der Waals surface area contributed by atoms with Crippen LogP contribution in [0.5, 0.6) is 0 Å². The molecule has 0 unspecified atom stereocenters. The van der Waals surface area contributed by atoms with E-state index in [0.29, 0.717) is 5.92 Å². The van der Waals surface area contributed by atoms with Gasteiger partial charge in [0.15, 0.2) is 0 Å². The minimum absolute atomic E-state index is 0.00735. The van der Waals surface area contributed by atoms with Gasteiger partial charge in [0.05, 0.1) is 6.10 Å². The van der Waals surface area contributed by atoms with Crippen LogP contribution < -0.4 is 4.90 Å². The van der Waals surface area contributed by atoms with E-state index in [9.17, 15) is 5.11 Å². The van der Waals surface area contributed by atoms with Gasteiger partial charge in [0.2, 0.25) is 0 Å². The maximum atomic E-state index is 9.82. The Labute approximate surface area is 127 Å². The molecule has 3 atom stereocenters. The zero-order valence-electron chi connectivity index (χ0n) is 12.9. The van der Waals surface area contributed by atoms with Gasteiger partial charge in [-0.1, -0.05) is 18.2 Å². The first-order chi connectivity index (χ1) is 10.2. The number of para-hydroxylation sites is 1. The van der Waals surface area contributed by atoms with Crippen molar-refractivity contribution in [3.8, 4) is 0 Å². The number of aliphatic hydroxyl groups excluding tert-OH is 1. The second kappa shape index (κ2) is 5.29. The zero-order chi connectivity index (χ0) is 14.4. The number of aliphatic hydroxyl groups is 1. The average molecular weight is 286 g/mol. The van der Waals surface area contributed by atoms with Crippen LogP contribution in [0.15, 0.2) is 24.3 Å². The fourth-order valence-corrected chi connectivity index (χ4v) is 4.59. The third kappa shape index (κ3) is 2.36. The van der Waals surface area contributed by atoms with Gasteiger partial charge in [0.1, 0.15) is 0 Å². The molecular weight excluding hydrogens is 260 g/mol. The van der Waals surface area contributed by atoms with Crippen molar-refractivity contribution in [2.24, 2.45) is 11.8 Å². The predicted octanol–water partition coefficient (Wildman–Crippen LogP) is 2.28. The van der Waals surface area contributed by atoms with Crippen LogP contribution in [-0.4, -0.2) is 48.3 Å². The minimum Gasteiger partial charge on any atom is -0.393 e. The molecule has 0 aromatic heterocycles. The normalized spacial score (nSPS) is 33.8. The molecule has 1 aromatic rings. The third-order valence-corrected chi connectivity index (χ3v) is 6.00. The van der Waals surface area contributed by atoms with Crippen LogP contribution >= 0.6 is 0 Å². The molecule has 0 amide bonds. The number of aryl methyl sites for hydroxylation is 1. The van der Waals surface area contributed by atoms with Crippen LogP contribution in [0.3, 0.4) is 0 Å². The molecule has 0 bridgehead atoms. The number of hydrogen-bond acceptors (Lipinski definition) is 3. The molecule has 0 spiro atoms. The van der Waals surface area contributed by atoms with E-state index in [-0.39, 0.29) is 6.10 Å². The largest absolute Gasteiger partial charge is 0.393 e. The molecule has 2 aliphatic heterocycles. The Kier molecular flexibility index (Phi) is 3.43. The Morgan fingerprint density at radius 3 is 2.52 bits per heavy atom. The Morgan fingerprint density at radius 2 is 1.86 bits per heavy atom. The maximum Gasteiger partial charge on any atom is 0.0587 e. The average Bonchev–Trinajstić information content (AvgIpc) is 2.85. The highest BCUT2D eigenvalue weighted by atomic mass is 16.3. The van der Waals surface area contributed by atoms with Crippen molar-refractivity contribution >= 4 is 5.69 Å². The smallest absolute Gasteiger partial charge is 0.0587 e. The predicted molar refractivity (Wildman–Crippen MR) is 85.6 cm³/mol. The number of piperidine rings is 1. The van der Waals surface area contributed by atoms with Crippen molar-refractivity contribution in [2.45, 2.75) is 38.3 Å². The molecule has 1 aromatic carbocycles. The van der Waals surface area contributed by atoms with Crippen molar-refractivity contribution in [1.29, 1.82) is 0 Å². The van der Waals surface area contributed by atoms with Crippen LogP contribution in [-0.2, 0) is 0 Å². The molecule has 2 heterocycles. The van der Waals surface area contributed by atoms with E-state index < -0.39 is 0 Å². The summed E-state index contributed by atoms with van der Waals surface area (Å²) in [7, 11) is 0. The summed E-state index contributed by atoms with van der Waals surface area (Å²) < 4.78 is 0. The summed E-state index contributed by atoms with van der Waals surface area (Å²) in [6, 6.07) is 9.47. The lowest BCUT2D eigenvalue weighted by Gasteiger charge is -2.38. The molecule has 114 valence electrons. The summed E-state index contributed by atoms with van der Waals surface area (Å²) >= 11 is 0. The first-order valence-electron chi connectivity index (χ1n) is 8.45. The van der Waals surface area contributed by atoms with Crippen molar-refractivity contribution < 1.29 is 5.11 Å². The summed E-state index contributed by atoms with van der Waals surface area (Å²) in [6.07, 6.45) is 3.57. The lowest BCUT2D eigenvalue weighted by atomic mass is 9.74. The van der Waals surface area contributed by atoms with E-state index in [1.807, 2.05) is 0 Å². The lowest BCUT2D eigenvalue weighted by Crippen LogP contribution is -2.44. The summed E-state index contributed by atoms with van der Waals surface area (Å²) in [5.74, 6) is 1.37. The van der Waals surface area contributed by atoms with Gasteiger partial charge >= 0.3 is 0 Å². The van der Waals surface area contributed by atoms with Gasteiger partial charge in [-0.05, 0) is 43.7 Å². The van der Waals surface area contributed by atoms with E-state index in [1.54, 1.807) is 0 Å². The van der Waals surface area contributed by atoms with Gasteiger partial charge in [-0.2, -0.15) is 0 Å². The maximum absolute atomic E-state index is 9.82. The molecule has 4 rings (SSSR count). The SMILES string of the molecule is Cc1ccccc1N1CCC(N2C[C@H]3C[C@@H](O)[C@H]3C2)CC1. The summed E-state index contributed by atoms with van der Waals surface area (Å²) in [4.78, 5) is 5.21. The van der Waals surface area contributed by atoms with Gasteiger partial charge in [-0.3, -0.25) is 4.90 Å². The molecule has 1 aliphatic carbocycles. The fraction of sp³-hybridized carbons (Fsp3) is 0.667. The van der Waals surface area contributed by atoms with Crippen LogP contribution in [0.4, 0.5) is 5.69 Å². The molecular formula is C18H26N2O. The number of hydrogen-bond donors (Lipinski definition) is 1. The zero-order valence-corrected chi connectivity index (χ0v) is 12.9. The number of nitrogens with zero attached hydrogens (tertiary/aromatic N) is 2. The van der Waals surface area contributed by atoms with E-state index in [2.05, 4.69) is 41.0 Å². The standard InChI is InChI=1S/C18H26N2O/c1-13-4-2-3-5-17(13)19-8-6-15(7-9-19)20-11-14-10-18(21)16(14)12-20/h2-5,14-16,18,21H,6-12H2,1H3/t14-,16+,18-/m1/s1. The van der Waals surface area contributed by atoms with Crippen LogP contribution in [0.25, 0.3) is 0 Å². The number of fused-ring (bicyclic) bond motifs is 1. The Balaban J connectivity index is 1.36. The molecule has 3 fully saturated rings. The summed E-state index contributed by atoms with van der Waals surface area (Å²) in [5.41, 5.74) is 2.80. The van der Waals surface area contributed by atoms with Crippen LogP contribution in [0.2, 0.25) is 0 Å². The highest BCUT2D eigenvalue weighted by Gasteiger charge is 2.47. The monoisotopic (exact) mass is 286 g/mol. The minimum atomic E-state index is -0.00735.